The van der Waals surface area contributed by atoms with Gasteiger partial charge in [0.15, 0.2) is 0 Å². The Hall–Kier alpha value is -1.00. The van der Waals surface area contributed by atoms with Gasteiger partial charge in [-0.25, -0.2) is 0 Å². The van der Waals surface area contributed by atoms with Gasteiger partial charge in [-0.15, -0.1) is 23.2 Å². The molecular weight excluding hydrogens is 251 g/mol. The molecule has 1 fully saturated rings. The first-order valence-electron chi connectivity index (χ1n) is 4.84. The van der Waals surface area contributed by atoms with Crippen molar-refractivity contribution >= 4 is 35.0 Å². The molecule has 4 nitrogen and oxygen atoms in total. The molecule has 0 unspecified atom stereocenters. The monoisotopic (exact) mass is 258 g/mol. The predicted octanol–water partition coefficient (Wildman–Crippen LogP) is 0.0644. The van der Waals surface area contributed by atoms with E-state index in [-0.39, 0.29) is 11.8 Å². The van der Waals surface area contributed by atoms with Gasteiger partial charge in [0.25, 0.3) is 0 Å². The number of amides is 2. The Bertz CT molecular complexity index is 408. The second-order valence-corrected chi connectivity index (χ2v) is 5.51. The zero-order chi connectivity index (χ0) is 11.6. The van der Waals surface area contributed by atoms with Gasteiger partial charge < -0.3 is 10.6 Å². The van der Waals surface area contributed by atoms with Gasteiger partial charge in [-0.2, -0.15) is 0 Å². The van der Waals surface area contributed by atoms with Crippen LogP contribution in [-0.2, 0) is 9.59 Å². The van der Waals surface area contributed by atoms with Gasteiger partial charge in [0.05, 0.1) is 12.1 Å². The fraction of sp³-hybridized carbons (Fsp3) is 0.400. The lowest BCUT2D eigenvalue weighted by molar-refractivity contribution is -0.121. The summed E-state index contributed by atoms with van der Waals surface area (Å²) in [6, 6.07) is -0.801. The highest BCUT2D eigenvalue weighted by atomic mass is 35.5. The minimum atomic E-state index is -0.823. The number of alkyl halides is 2. The van der Waals surface area contributed by atoms with Gasteiger partial charge in [0.2, 0.25) is 11.8 Å². The lowest BCUT2D eigenvalue weighted by atomic mass is 9.61. The molecule has 0 radical (unpaired) electrons. The number of hydrogen-bond donors (Lipinski definition) is 2. The van der Waals surface area contributed by atoms with Crippen molar-refractivity contribution in [2.45, 2.75) is 21.8 Å². The van der Waals surface area contributed by atoms with Gasteiger partial charge in [-0.1, -0.05) is 12.2 Å². The average molecular weight is 259 g/mol. The number of hydrogen-bond acceptors (Lipinski definition) is 2. The Kier molecular flexibility index (Phi) is 1.79. The first-order valence-corrected chi connectivity index (χ1v) is 5.60. The lowest BCUT2D eigenvalue weighted by Crippen LogP contribution is -2.85. The Labute approximate surface area is 102 Å². The van der Waals surface area contributed by atoms with Crippen molar-refractivity contribution in [2.24, 2.45) is 0 Å². The fourth-order valence-corrected chi connectivity index (χ4v) is 3.71. The quantitative estimate of drug-likeness (QED) is 0.604. The van der Waals surface area contributed by atoms with E-state index in [1.807, 2.05) is 0 Å². The Morgan fingerprint density at radius 3 is 1.69 bits per heavy atom. The largest absolute Gasteiger partial charge is 0.345 e. The van der Waals surface area contributed by atoms with E-state index in [1.54, 1.807) is 12.2 Å². The molecule has 0 atom stereocenters. The maximum absolute atomic E-state index is 11.2. The third-order valence-corrected chi connectivity index (χ3v) is 4.45. The zero-order valence-corrected chi connectivity index (χ0v) is 9.55. The van der Waals surface area contributed by atoms with E-state index in [0.29, 0.717) is 0 Å². The Morgan fingerprint density at radius 2 is 1.31 bits per heavy atom. The van der Waals surface area contributed by atoms with Crippen LogP contribution in [0.3, 0.4) is 0 Å². The second kappa shape index (κ2) is 2.81. The smallest absolute Gasteiger partial charge is 0.244 e. The van der Waals surface area contributed by atoms with Crippen LogP contribution in [0.15, 0.2) is 24.3 Å². The molecule has 0 saturated heterocycles. The highest BCUT2D eigenvalue weighted by Gasteiger charge is 2.71. The normalized spacial score (nSPS) is 48.6. The number of carbonyl (C=O) groups excluding carboxylic acids is 2. The number of rotatable bonds is 0. The molecule has 0 spiro atoms. The summed E-state index contributed by atoms with van der Waals surface area (Å²) in [6.07, 6.45) is 5.93. The summed E-state index contributed by atoms with van der Waals surface area (Å²) in [5.41, 5.74) is 0. The van der Waals surface area contributed by atoms with E-state index in [1.165, 1.54) is 12.2 Å². The van der Waals surface area contributed by atoms with E-state index in [4.69, 9.17) is 23.2 Å². The van der Waals surface area contributed by atoms with E-state index >= 15 is 0 Å². The van der Waals surface area contributed by atoms with Crippen molar-refractivity contribution in [3.05, 3.63) is 24.3 Å². The van der Waals surface area contributed by atoms with E-state index < -0.39 is 21.8 Å². The van der Waals surface area contributed by atoms with Gasteiger partial charge in [0, 0.05) is 12.2 Å². The molecule has 0 aromatic rings. The molecule has 0 aromatic carbocycles. The van der Waals surface area contributed by atoms with Crippen LogP contribution in [0.25, 0.3) is 0 Å². The summed E-state index contributed by atoms with van der Waals surface area (Å²) in [5.74, 6) is -0.435. The first kappa shape index (κ1) is 10.2. The summed E-state index contributed by atoms with van der Waals surface area (Å²) in [7, 11) is 0. The molecule has 3 rings (SSSR count). The SMILES string of the molecule is O=C1C=CC2(Cl)C(N1)C1(Cl)C=CC(=O)NC21. The van der Waals surface area contributed by atoms with Crippen LogP contribution in [0.2, 0.25) is 0 Å². The summed E-state index contributed by atoms with van der Waals surface area (Å²) < 4.78 is 0. The molecule has 1 saturated carbocycles. The maximum Gasteiger partial charge on any atom is 0.244 e. The molecule has 3 aliphatic rings. The van der Waals surface area contributed by atoms with Crippen LogP contribution in [-0.4, -0.2) is 33.6 Å². The van der Waals surface area contributed by atoms with Crippen LogP contribution in [0.4, 0.5) is 0 Å². The Balaban J connectivity index is 2.06. The summed E-state index contributed by atoms with van der Waals surface area (Å²) >= 11 is 12.7. The summed E-state index contributed by atoms with van der Waals surface area (Å²) in [4.78, 5) is 20.9. The third-order valence-electron chi connectivity index (χ3n) is 3.32. The number of halogens is 2. The van der Waals surface area contributed by atoms with E-state index in [2.05, 4.69) is 10.6 Å². The van der Waals surface area contributed by atoms with E-state index in [0.717, 1.165) is 0 Å². The van der Waals surface area contributed by atoms with Gasteiger partial charge in [0.1, 0.15) is 9.75 Å². The van der Waals surface area contributed by atoms with Crippen molar-refractivity contribution in [1.82, 2.24) is 10.6 Å². The molecule has 6 heteroatoms. The molecule has 2 aliphatic heterocycles. The molecule has 2 amide bonds. The van der Waals surface area contributed by atoms with Crippen molar-refractivity contribution in [1.29, 1.82) is 0 Å². The van der Waals surface area contributed by atoms with Crippen molar-refractivity contribution in [3.8, 4) is 0 Å². The van der Waals surface area contributed by atoms with Gasteiger partial charge in [-0.05, 0) is 0 Å². The predicted molar refractivity (Wildman–Crippen MR) is 59.3 cm³/mol. The topological polar surface area (TPSA) is 58.2 Å². The van der Waals surface area contributed by atoms with Gasteiger partial charge in [-0.3, -0.25) is 9.59 Å². The number of fused-ring (bicyclic) bond motifs is 4. The van der Waals surface area contributed by atoms with Crippen molar-refractivity contribution in [2.75, 3.05) is 0 Å². The van der Waals surface area contributed by atoms with E-state index in [9.17, 15) is 9.59 Å². The number of nitrogens with one attached hydrogen (secondary N) is 2. The van der Waals surface area contributed by atoms with Crippen LogP contribution >= 0.6 is 23.2 Å². The molecule has 16 heavy (non-hydrogen) atoms. The highest BCUT2D eigenvalue weighted by molar-refractivity contribution is 6.36. The van der Waals surface area contributed by atoms with Crippen LogP contribution < -0.4 is 10.6 Å². The van der Waals surface area contributed by atoms with Crippen molar-refractivity contribution < 1.29 is 9.59 Å². The average Bonchev–Trinajstić information content (AvgIpc) is 2.26. The minimum Gasteiger partial charge on any atom is -0.345 e. The standard InChI is InChI=1S/C10H8Cl2N2O2/c11-9-3-1-5(15)13-7(9)10(12)4-2-6(16)14-8(9)10/h1-4,7-8H,(H,13,15)(H,14,16). The number of carbonyl (C=O) groups is 2. The molecular formula is C10H8Cl2N2O2. The summed E-state index contributed by atoms with van der Waals surface area (Å²) in [6.45, 7) is 0. The van der Waals surface area contributed by atoms with Crippen LogP contribution in [0.5, 0.6) is 0 Å². The molecule has 2 N–H and O–H groups in total. The van der Waals surface area contributed by atoms with Gasteiger partial charge >= 0.3 is 0 Å². The molecule has 2 heterocycles. The molecule has 0 aromatic heterocycles. The molecule has 84 valence electrons. The van der Waals surface area contributed by atoms with Crippen LogP contribution in [0.1, 0.15) is 0 Å². The first-order chi connectivity index (χ1) is 7.47. The molecule has 1 aliphatic carbocycles. The van der Waals surface area contributed by atoms with Crippen LogP contribution in [0, 0.1) is 0 Å². The summed E-state index contributed by atoms with van der Waals surface area (Å²) in [5, 5.41) is 5.44. The van der Waals surface area contributed by atoms with Crippen molar-refractivity contribution in [3.63, 3.8) is 0 Å². The maximum atomic E-state index is 11.2. The third kappa shape index (κ3) is 1.01. The zero-order valence-electron chi connectivity index (χ0n) is 8.04. The lowest BCUT2D eigenvalue weighted by Gasteiger charge is -2.62. The minimum absolute atomic E-state index is 0.218. The highest BCUT2D eigenvalue weighted by Crippen LogP contribution is 2.54. The second-order valence-electron chi connectivity index (χ2n) is 4.20. The molecule has 0 bridgehead atoms. The fourth-order valence-electron chi connectivity index (χ4n) is 2.53. The Morgan fingerprint density at radius 1 is 0.938 bits per heavy atom.